The first-order chi connectivity index (χ1) is 11.1. The van der Waals surface area contributed by atoms with E-state index in [4.69, 9.17) is 4.52 Å². The SMILES string of the molecule is C[C@@H](NC(=O)c1cc(-c2ccc(F)cc2)on1)c1ccccc1. The Hall–Kier alpha value is -2.95. The lowest BCUT2D eigenvalue weighted by molar-refractivity contribution is 0.0931. The van der Waals surface area contributed by atoms with E-state index in [1.807, 2.05) is 37.3 Å². The first-order valence-electron chi connectivity index (χ1n) is 7.22. The van der Waals surface area contributed by atoms with Crippen LogP contribution in [0.1, 0.15) is 29.0 Å². The van der Waals surface area contributed by atoms with E-state index in [1.54, 1.807) is 18.2 Å². The molecule has 23 heavy (non-hydrogen) atoms. The molecule has 4 nitrogen and oxygen atoms in total. The van der Waals surface area contributed by atoms with E-state index in [0.29, 0.717) is 11.3 Å². The van der Waals surface area contributed by atoms with Crippen LogP contribution in [0.5, 0.6) is 0 Å². The normalized spacial score (nSPS) is 11.9. The second kappa shape index (κ2) is 6.44. The molecule has 1 N–H and O–H groups in total. The molecule has 116 valence electrons. The number of hydrogen-bond donors (Lipinski definition) is 1. The van der Waals surface area contributed by atoms with Gasteiger partial charge >= 0.3 is 0 Å². The van der Waals surface area contributed by atoms with Crippen molar-refractivity contribution in [3.05, 3.63) is 77.7 Å². The van der Waals surface area contributed by atoms with Gasteiger partial charge in [-0.15, -0.1) is 0 Å². The smallest absolute Gasteiger partial charge is 0.273 e. The maximum Gasteiger partial charge on any atom is 0.273 e. The Bertz CT molecular complexity index is 797. The van der Waals surface area contributed by atoms with Crippen LogP contribution in [0.25, 0.3) is 11.3 Å². The highest BCUT2D eigenvalue weighted by Crippen LogP contribution is 2.21. The molecule has 0 aliphatic rings. The molecular weight excluding hydrogens is 295 g/mol. The van der Waals surface area contributed by atoms with Crippen molar-refractivity contribution < 1.29 is 13.7 Å². The molecule has 0 unspecified atom stereocenters. The average Bonchev–Trinajstić information content (AvgIpc) is 3.06. The van der Waals surface area contributed by atoms with Gasteiger partial charge in [-0.1, -0.05) is 35.5 Å². The number of halogens is 1. The van der Waals surface area contributed by atoms with E-state index in [-0.39, 0.29) is 23.5 Å². The summed E-state index contributed by atoms with van der Waals surface area (Å²) in [6.07, 6.45) is 0. The summed E-state index contributed by atoms with van der Waals surface area (Å²) in [5.74, 6) is -0.233. The number of hydrogen-bond acceptors (Lipinski definition) is 3. The Labute approximate surface area is 132 Å². The first kappa shape index (κ1) is 15.0. The van der Waals surface area contributed by atoms with Gasteiger partial charge in [-0.25, -0.2) is 4.39 Å². The zero-order chi connectivity index (χ0) is 16.2. The minimum Gasteiger partial charge on any atom is -0.355 e. The fraction of sp³-hybridized carbons (Fsp3) is 0.111. The minimum absolute atomic E-state index is 0.144. The molecule has 5 heteroatoms. The lowest BCUT2D eigenvalue weighted by Gasteiger charge is -2.12. The van der Waals surface area contributed by atoms with Crippen molar-refractivity contribution in [1.82, 2.24) is 10.5 Å². The summed E-state index contributed by atoms with van der Waals surface area (Å²) in [4.78, 5) is 12.2. The lowest BCUT2D eigenvalue weighted by Crippen LogP contribution is -2.26. The number of nitrogens with one attached hydrogen (secondary N) is 1. The van der Waals surface area contributed by atoms with E-state index in [2.05, 4.69) is 10.5 Å². The van der Waals surface area contributed by atoms with E-state index in [1.165, 1.54) is 12.1 Å². The van der Waals surface area contributed by atoms with Gasteiger partial charge in [0.2, 0.25) is 0 Å². The summed E-state index contributed by atoms with van der Waals surface area (Å²) < 4.78 is 18.1. The number of nitrogens with zero attached hydrogens (tertiary/aromatic N) is 1. The van der Waals surface area contributed by atoms with Gasteiger partial charge in [0.1, 0.15) is 5.82 Å². The van der Waals surface area contributed by atoms with Gasteiger partial charge in [-0.3, -0.25) is 4.79 Å². The summed E-state index contributed by atoms with van der Waals surface area (Å²) >= 11 is 0. The van der Waals surface area contributed by atoms with Gasteiger partial charge in [0.25, 0.3) is 5.91 Å². The molecule has 0 saturated heterocycles. The van der Waals surface area contributed by atoms with Gasteiger partial charge < -0.3 is 9.84 Å². The van der Waals surface area contributed by atoms with Crippen LogP contribution in [0.3, 0.4) is 0 Å². The summed E-state index contributed by atoms with van der Waals surface area (Å²) in [7, 11) is 0. The van der Waals surface area contributed by atoms with Crippen molar-refractivity contribution in [2.75, 3.05) is 0 Å². The molecule has 2 aromatic carbocycles. The van der Waals surface area contributed by atoms with Crippen LogP contribution >= 0.6 is 0 Å². The second-order valence-electron chi connectivity index (χ2n) is 5.19. The van der Waals surface area contributed by atoms with Gasteiger partial charge in [-0.2, -0.15) is 0 Å². The van der Waals surface area contributed by atoms with Crippen molar-refractivity contribution in [2.24, 2.45) is 0 Å². The van der Waals surface area contributed by atoms with Crippen LogP contribution in [0.2, 0.25) is 0 Å². The third-order valence-electron chi connectivity index (χ3n) is 3.52. The molecule has 3 aromatic rings. The van der Waals surface area contributed by atoms with E-state index < -0.39 is 0 Å². The summed E-state index contributed by atoms with van der Waals surface area (Å²) in [5, 5.41) is 6.65. The molecule has 0 saturated carbocycles. The Morgan fingerprint density at radius 1 is 1.13 bits per heavy atom. The third-order valence-corrected chi connectivity index (χ3v) is 3.52. The van der Waals surface area contributed by atoms with Gasteiger partial charge in [0.15, 0.2) is 11.5 Å². The second-order valence-corrected chi connectivity index (χ2v) is 5.19. The largest absolute Gasteiger partial charge is 0.355 e. The van der Waals surface area contributed by atoms with E-state index in [9.17, 15) is 9.18 Å². The van der Waals surface area contributed by atoms with Crippen molar-refractivity contribution in [3.63, 3.8) is 0 Å². The maximum atomic E-state index is 12.9. The van der Waals surface area contributed by atoms with Crippen LogP contribution in [0, 0.1) is 5.82 Å². The maximum absolute atomic E-state index is 12.9. The predicted octanol–water partition coefficient (Wildman–Crippen LogP) is 3.97. The molecule has 0 spiro atoms. The number of rotatable bonds is 4. The fourth-order valence-electron chi connectivity index (χ4n) is 2.23. The summed E-state index contributed by atoms with van der Waals surface area (Å²) in [5.41, 5.74) is 1.85. The number of amides is 1. The number of carbonyl (C=O) groups is 1. The highest BCUT2D eigenvalue weighted by molar-refractivity contribution is 5.93. The highest BCUT2D eigenvalue weighted by atomic mass is 19.1. The standard InChI is InChI=1S/C18H15FN2O2/c1-12(13-5-3-2-4-6-13)20-18(22)16-11-17(23-21-16)14-7-9-15(19)10-8-14/h2-12H,1H3,(H,20,22)/t12-/m1/s1. The summed E-state index contributed by atoms with van der Waals surface area (Å²) in [6.45, 7) is 1.90. The number of aromatic nitrogens is 1. The molecule has 0 radical (unpaired) electrons. The van der Waals surface area contributed by atoms with E-state index >= 15 is 0 Å². The van der Waals surface area contributed by atoms with Crippen LogP contribution < -0.4 is 5.32 Å². The van der Waals surface area contributed by atoms with Gasteiger partial charge in [0.05, 0.1) is 6.04 Å². The number of carbonyl (C=O) groups excluding carboxylic acids is 1. The molecule has 0 bridgehead atoms. The summed E-state index contributed by atoms with van der Waals surface area (Å²) in [6, 6.07) is 16.8. The van der Waals surface area contributed by atoms with Gasteiger partial charge in [0, 0.05) is 11.6 Å². The van der Waals surface area contributed by atoms with E-state index in [0.717, 1.165) is 5.56 Å². The van der Waals surface area contributed by atoms with Crippen molar-refractivity contribution in [3.8, 4) is 11.3 Å². The highest BCUT2D eigenvalue weighted by Gasteiger charge is 2.16. The lowest BCUT2D eigenvalue weighted by atomic mass is 10.1. The van der Waals surface area contributed by atoms with Gasteiger partial charge in [-0.05, 0) is 36.8 Å². The monoisotopic (exact) mass is 310 g/mol. The predicted molar refractivity (Wildman–Crippen MR) is 84.2 cm³/mol. The van der Waals surface area contributed by atoms with Crippen LogP contribution in [-0.2, 0) is 0 Å². The molecule has 3 rings (SSSR count). The average molecular weight is 310 g/mol. The zero-order valence-corrected chi connectivity index (χ0v) is 12.5. The molecule has 1 amide bonds. The van der Waals surface area contributed by atoms with Crippen molar-refractivity contribution >= 4 is 5.91 Å². The molecular formula is C18H15FN2O2. The molecule has 1 atom stereocenters. The van der Waals surface area contributed by atoms with Crippen LogP contribution in [0.4, 0.5) is 4.39 Å². The van der Waals surface area contributed by atoms with Crippen molar-refractivity contribution in [1.29, 1.82) is 0 Å². The quantitative estimate of drug-likeness (QED) is 0.793. The molecule has 0 aliphatic heterocycles. The topological polar surface area (TPSA) is 55.1 Å². The Kier molecular flexibility index (Phi) is 4.19. The molecule has 1 aromatic heterocycles. The Morgan fingerprint density at radius 2 is 1.83 bits per heavy atom. The zero-order valence-electron chi connectivity index (χ0n) is 12.5. The number of benzene rings is 2. The third kappa shape index (κ3) is 3.45. The van der Waals surface area contributed by atoms with Crippen LogP contribution in [-0.4, -0.2) is 11.1 Å². The minimum atomic E-state index is -0.331. The fourth-order valence-corrected chi connectivity index (χ4v) is 2.23. The molecule has 1 heterocycles. The Balaban J connectivity index is 1.72. The molecule has 0 fully saturated rings. The Morgan fingerprint density at radius 3 is 2.52 bits per heavy atom. The first-order valence-corrected chi connectivity index (χ1v) is 7.22. The molecule has 0 aliphatic carbocycles. The van der Waals surface area contributed by atoms with Crippen molar-refractivity contribution in [2.45, 2.75) is 13.0 Å². The van der Waals surface area contributed by atoms with Crippen LogP contribution in [0.15, 0.2) is 65.2 Å².